The number of hydrogen-bond acceptors (Lipinski definition) is 12. The molecule has 0 saturated carbocycles. The minimum Gasteiger partial charge on any atom is -0.387 e. The molecule has 3 amide bonds. The second-order valence-electron chi connectivity index (χ2n) is 20.1. The lowest BCUT2D eigenvalue weighted by atomic mass is 9.77. The Balaban J connectivity index is 1.48. The molecule has 0 radical (unpaired) electrons. The summed E-state index contributed by atoms with van der Waals surface area (Å²) in [6.07, 6.45) is -3.83. The summed E-state index contributed by atoms with van der Waals surface area (Å²) in [5.41, 5.74) is -1.56. The van der Waals surface area contributed by atoms with E-state index in [0.717, 1.165) is 5.56 Å². The Labute approximate surface area is 397 Å². The highest BCUT2D eigenvalue weighted by atomic mass is 19.1. The fourth-order valence-corrected chi connectivity index (χ4v) is 10.2. The van der Waals surface area contributed by atoms with E-state index in [1.165, 1.54) is 25.3 Å². The van der Waals surface area contributed by atoms with Crippen LogP contribution in [0.25, 0.3) is 0 Å². The number of carbonyl (C=O) groups is 3. The summed E-state index contributed by atoms with van der Waals surface area (Å²) >= 11 is 0. The molecule has 4 N–H and O–H groups in total. The van der Waals surface area contributed by atoms with Crippen LogP contribution in [-0.4, -0.2) is 158 Å². The molecule has 16 heteroatoms. The molecule has 67 heavy (non-hydrogen) atoms. The predicted molar refractivity (Wildman–Crippen MR) is 251 cm³/mol. The van der Waals surface area contributed by atoms with E-state index in [1.807, 2.05) is 65.2 Å². The van der Waals surface area contributed by atoms with Crippen LogP contribution in [0.2, 0.25) is 0 Å². The maximum Gasteiger partial charge on any atom is 0.254 e. The van der Waals surface area contributed by atoms with Crippen molar-refractivity contribution >= 4 is 17.7 Å². The molecule has 0 spiro atoms. The van der Waals surface area contributed by atoms with Crippen LogP contribution in [-0.2, 0) is 44.4 Å². The maximum absolute atomic E-state index is 14.7. The van der Waals surface area contributed by atoms with Crippen LogP contribution in [0.4, 0.5) is 4.39 Å². The van der Waals surface area contributed by atoms with Crippen LogP contribution in [0.1, 0.15) is 103 Å². The van der Waals surface area contributed by atoms with E-state index in [-0.39, 0.29) is 67.9 Å². The van der Waals surface area contributed by atoms with Gasteiger partial charge in [-0.2, -0.15) is 0 Å². The molecule has 3 fully saturated rings. The molecular weight excluding hydrogens is 864 g/mol. The molecule has 3 aliphatic heterocycles. The van der Waals surface area contributed by atoms with Crippen molar-refractivity contribution in [2.45, 2.75) is 166 Å². The first-order valence-corrected chi connectivity index (χ1v) is 24.1. The van der Waals surface area contributed by atoms with E-state index in [9.17, 15) is 29.0 Å². The fraction of sp³-hybridized carbons (Fsp3) is 0.706. The highest BCUT2D eigenvalue weighted by Crippen LogP contribution is 2.40. The summed E-state index contributed by atoms with van der Waals surface area (Å²) in [6.45, 7) is 13.6. The molecule has 0 aliphatic carbocycles. The van der Waals surface area contributed by atoms with Crippen molar-refractivity contribution in [3.63, 3.8) is 0 Å². The Morgan fingerprint density at radius 1 is 0.985 bits per heavy atom. The predicted octanol–water partition coefficient (Wildman–Crippen LogP) is 5.10. The van der Waals surface area contributed by atoms with E-state index in [0.29, 0.717) is 32.2 Å². The van der Waals surface area contributed by atoms with Crippen LogP contribution in [0.5, 0.6) is 0 Å². The number of rotatable bonds is 15. The van der Waals surface area contributed by atoms with Gasteiger partial charge in [-0.05, 0) is 97.5 Å². The number of ether oxygens (including phenoxy) is 6. The summed E-state index contributed by atoms with van der Waals surface area (Å²) < 4.78 is 53.7. The number of carbonyl (C=O) groups excluding carboxylic acids is 3. The topological polar surface area (TPSA) is 178 Å². The van der Waals surface area contributed by atoms with Crippen LogP contribution < -0.4 is 10.6 Å². The van der Waals surface area contributed by atoms with Crippen molar-refractivity contribution in [1.29, 1.82) is 0 Å². The Hall–Kier alpha value is -3.58. The molecule has 15 atom stereocenters. The monoisotopic (exact) mass is 943 g/mol. The number of aliphatic hydroxyl groups is 2. The van der Waals surface area contributed by atoms with E-state index in [4.69, 9.17) is 28.4 Å². The fourth-order valence-electron chi connectivity index (χ4n) is 10.2. The number of halogens is 1. The number of nitrogens with one attached hydrogen (secondary N) is 2. The summed E-state index contributed by atoms with van der Waals surface area (Å²) in [5, 5.41) is 30.0. The smallest absolute Gasteiger partial charge is 0.254 e. The third-order valence-electron chi connectivity index (χ3n) is 14.0. The molecule has 3 heterocycles. The van der Waals surface area contributed by atoms with Gasteiger partial charge < -0.3 is 59.1 Å². The van der Waals surface area contributed by atoms with E-state index in [2.05, 4.69) is 15.5 Å². The van der Waals surface area contributed by atoms with Crippen molar-refractivity contribution in [2.24, 2.45) is 17.8 Å². The molecule has 0 bridgehead atoms. The van der Waals surface area contributed by atoms with Gasteiger partial charge in [0.25, 0.3) is 5.91 Å². The largest absolute Gasteiger partial charge is 0.387 e. The van der Waals surface area contributed by atoms with Crippen LogP contribution in [0.3, 0.4) is 0 Å². The molecule has 2 aromatic rings. The highest BCUT2D eigenvalue weighted by Gasteiger charge is 2.51. The minimum absolute atomic E-state index is 0.0389. The number of aryl methyl sites for hydroxylation is 1. The first-order valence-electron chi connectivity index (χ1n) is 24.1. The van der Waals surface area contributed by atoms with Crippen LogP contribution >= 0.6 is 0 Å². The standard InChI is InChI=1S/C51H79FN4O11/c1-31-28-50(6,61)46(67-49-44(40(55(8)9)26-32(2)64-49)63-25-17-24-53-48(60)38-20-15-16-21-39(38)52)33(3)43(66-42-29-51(7,62-11)45(58)35(5)65-42)34(4)47(59)54-37(27-41(57)56(10)30-31)23-22-36-18-13-12-14-19-36/h12-16,18-21,31-35,37,40,42-46,49,58,61H,17,22-30H2,1-11H3,(H,53,60)(H,54,59)/t31-,32-,33+,34-,35+,37+,40+,42+,43+,44-,45+,46-,49+,50-,51-/m1/s1. The van der Waals surface area contributed by atoms with Gasteiger partial charge >= 0.3 is 0 Å². The van der Waals surface area contributed by atoms with Crippen molar-refractivity contribution in [3.05, 3.63) is 71.5 Å². The zero-order chi connectivity index (χ0) is 49.2. The number of amides is 3. The maximum atomic E-state index is 14.7. The van der Waals surface area contributed by atoms with E-state index in [1.54, 1.807) is 45.7 Å². The summed E-state index contributed by atoms with van der Waals surface area (Å²) in [6, 6.07) is 15.1. The molecule has 15 nitrogen and oxygen atoms in total. The molecule has 376 valence electrons. The van der Waals surface area contributed by atoms with Gasteiger partial charge in [-0.1, -0.05) is 63.2 Å². The van der Waals surface area contributed by atoms with Gasteiger partial charge in [0.15, 0.2) is 12.6 Å². The average Bonchev–Trinajstić information content (AvgIpc) is 3.27. The van der Waals surface area contributed by atoms with Crippen LogP contribution in [0, 0.1) is 23.6 Å². The van der Waals surface area contributed by atoms with Gasteiger partial charge in [0.2, 0.25) is 11.8 Å². The zero-order valence-corrected chi connectivity index (χ0v) is 41.6. The Kier molecular flexibility index (Phi) is 19.7. The SMILES string of the molecule is CO[C@]1(C)C[C@H](O[C@H]2[C@H](C)[C@@H](O[C@@H]3O[C@H](C)C[C@H](N(C)C)[C@H]3OCCCNC(=O)c3ccccc3F)[C@](C)(O)C[C@@H](C)CN(C)C(=O)C[C@H](CCc3ccccc3)NC(=O)[C@@H]2C)O[C@@H](C)[C@@H]1O. The molecule has 3 aliphatic rings. The summed E-state index contributed by atoms with van der Waals surface area (Å²) in [5.74, 6) is -3.36. The van der Waals surface area contributed by atoms with Crippen molar-refractivity contribution in [1.82, 2.24) is 20.4 Å². The van der Waals surface area contributed by atoms with Gasteiger partial charge in [-0.3, -0.25) is 14.4 Å². The lowest BCUT2D eigenvalue weighted by Gasteiger charge is -2.49. The number of hydrogen-bond donors (Lipinski definition) is 4. The Morgan fingerprint density at radius 3 is 2.34 bits per heavy atom. The number of likely N-dealkylation sites (N-methyl/N-ethyl adjacent to an activating group) is 1. The zero-order valence-electron chi connectivity index (χ0n) is 41.6. The molecule has 0 unspecified atom stereocenters. The number of methoxy groups -OCH3 is 1. The molecule has 3 saturated heterocycles. The van der Waals surface area contributed by atoms with Crippen molar-refractivity contribution < 1.29 is 57.4 Å². The van der Waals surface area contributed by atoms with Gasteiger partial charge in [0.05, 0.1) is 47.1 Å². The molecule has 5 rings (SSSR count). The number of aliphatic hydroxyl groups excluding tert-OH is 1. The van der Waals surface area contributed by atoms with E-state index >= 15 is 0 Å². The van der Waals surface area contributed by atoms with Gasteiger partial charge in [-0.25, -0.2) is 4.39 Å². The van der Waals surface area contributed by atoms with Gasteiger partial charge in [0, 0.05) is 64.7 Å². The normalized spacial score (nSPS) is 36.0. The summed E-state index contributed by atoms with van der Waals surface area (Å²) in [7, 11) is 7.19. The van der Waals surface area contributed by atoms with E-state index < -0.39 is 83.9 Å². The number of benzene rings is 2. The average molecular weight is 943 g/mol. The third kappa shape index (κ3) is 14.5. The Bertz CT molecular complexity index is 1890. The lowest BCUT2D eigenvalue weighted by Crippen LogP contribution is -2.61. The first-order chi connectivity index (χ1) is 31.6. The first kappa shape index (κ1) is 54.4. The highest BCUT2D eigenvalue weighted by molar-refractivity contribution is 5.94. The minimum atomic E-state index is -1.58. The number of nitrogens with zero attached hydrogens (tertiary/aromatic N) is 2. The molecular formula is C51H79FN4O11. The quantitative estimate of drug-likeness (QED) is 0.174. The Morgan fingerprint density at radius 2 is 1.67 bits per heavy atom. The lowest BCUT2D eigenvalue weighted by molar-refractivity contribution is -0.320. The van der Waals surface area contributed by atoms with Crippen molar-refractivity contribution in [2.75, 3.05) is 47.9 Å². The molecule has 2 aromatic carbocycles. The second kappa shape index (κ2) is 24.3. The van der Waals surface area contributed by atoms with Crippen molar-refractivity contribution in [3.8, 4) is 0 Å². The van der Waals surface area contributed by atoms with Gasteiger partial charge in [-0.15, -0.1) is 0 Å². The van der Waals surface area contributed by atoms with Crippen LogP contribution in [0.15, 0.2) is 54.6 Å². The summed E-state index contributed by atoms with van der Waals surface area (Å²) in [4.78, 5) is 45.1. The molecule has 0 aromatic heterocycles. The third-order valence-corrected chi connectivity index (χ3v) is 14.0. The second-order valence-corrected chi connectivity index (χ2v) is 20.1. The van der Waals surface area contributed by atoms with Gasteiger partial charge in [0.1, 0.15) is 18.0 Å².